The molecule has 2 aromatic carbocycles. The van der Waals surface area contributed by atoms with E-state index in [-0.39, 0.29) is 10.7 Å². The van der Waals surface area contributed by atoms with Crippen LogP contribution in [0.3, 0.4) is 0 Å². The zero-order valence-electron chi connectivity index (χ0n) is 12.3. The zero-order valence-corrected chi connectivity index (χ0v) is 15.2. The molecule has 0 aliphatic rings. The van der Waals surface area contributed by atoms with Crippen molar-refractivity contribution in [2.24, 2.45) is 5.10 Å². The number of methoxy groups -OCH3 is 1. The second-order valence-electron chi connectivity index (χ2n) is 4.51. The summed E-state index contributed by atoms with van der Waals surface area (Å²) in [4.78, 5) is 22.3. The second kappa shape index (κ2) is 8.06. The van der Waals surface area contributed by atoms with Crippen molar-refractivity contribution in [1.82, 2.24) is 5.43 Å². The number of ether oxygens (including phenoxy) is 1. The summed E-state index contributed by atoms with van der Waals surface area (Å²) in [5.41, 5.74) is 2.97. The molecule has 0 atom stereocenters. The fraction of sp³-hybridized carbons (Fsp3) is 0.0667. The molecule has 0 unspecified atom stereocenters. The highest BCUT2D eigenvalue weighted by Gasteiger charge is 2.10. The number of nitro groups is 1. The third kappa shape index (κ3) is 4.42. The van der Waals surface area contributed by atoms with Crippen molar-refractivity contribution in [3.63, 3.8) is 0 Å². The van der Waals surface area contributed by atoms with Crippen molar-refractivity contribution in [1.29, 1.82) is 0 Å². The summed E-state index contributed by atoms with van der Waals surface area (Å²) >= 11 is 8.00. The van der Waals surface area contributed by atoms with Crippen LogP contribution >= 0.6 is 34.2 Å². The standard InChI is InChI=1S/C15H11ClIN3O4/c1-24-14-5-2-9(7-13(14)17)15(21)19-18-8-10-6-11(20(22)23)3-4-12(10)16/h2-8H,1H3,(H,19,21). The van der Waals surface area contributed by atoms with E-state index >= 15 is 0 Å². The number of carbonyl (C=O) groups excluding carboxylic acids is 1. The number of halogens is 2. The van der Waals surface area contributed by atoms with E-state index in [4.69, 9.17) is 16.3 Å². The van der Waals surface area contributed by atoms with E-state index in [2.05, 4.69) is 33.1 Å². The van der Waals surface area contributed by atoms with Gasteiger partial charge in [-0.1, -0.05) is 11.6 Å². The van der Waals surface area contributed by atoms with Gasteiger partial charge in [-0.05, 0) is 46.9 Å². The molecule has 0 fully saturated rings. The maximum atomic E-state index is 12.0. The van der Waals surface area contributed by atoms with Crippen LogP contribution in [0.25, 0.3) is 0 Å². The Hall–Kier alpha value is -2.20. The van der Waals surface area contributed by atoms with Crippen molar-refractivity contribution in [2.45, 2.75) is 0 Å². The molecule has 2 aromatic rings. The minimum atomic E-state index is -0.536. The Labute approximate surface area is 155 Å². The first-order chi connectivity index (χ1) is 11.4. The maximum Gasteiger partial charge on any atom is 0.271 e. The monoisotopic (exact) mass is 459 g/mol. The van der Waals surface area contributed by atoms with Gasteiger partial charge in [0.1, 0.15) is 5.75 Å². The normalized spacial score (nSPS) is 10.6. The first-order valence-electron chi connectivity index (χ1n) is 6.53. The van der Waals surface area contributed by atoms with Crippen molar-refractivity contribution < 1.29 is 14.5 Å². The van der Waals surface area contributed by atoms with E-state index < -0.39 is 10.8 Å². The highest BCUT2D eigenvalue weighted by molar-refractivity contribution is 14.1. The Morgan fingerprint density at radius 3 is 2.75 bits per heavy atom. The van der Waals surface area contributed by atoms with E-state index in [9.17, 15) is 14.9 Å². The first kappa shape index (κ1) is 18.1. The average molecular weight is 460 g/mol. The van der Waals surface area contributed by atoms with Gasteiger partial charge in [0.15, 0.2) is 0 Å². The number of rotatable bonds is 5. The molecular weight excluding hydrogens is 449 g/mol. The number of non-ortho nitro benzene ring substituents is 1. The largest absolute Gasteiger partial charge is 0.496 e. The summed E-state index contributed by atoms with van der Waals surface area (Å²) in [6, 6.07) is 8.90. The van der Waals surface area contributed by atoms with Gasteiger partial charge in [0.05, 0.1) is 21.8 Å². The van der Waals surface area contributed by atoms with Gasteiger partial charge in [-0.25, -0.2) is 5.43 Å². The van der Waals surface area contributed by atoms with E-state index in [1.54, 1.807) is 25.3 Å². The number of hydrogen-bond donors (Lipinski definition) is 1. The van der Waals surface area contributed by atoms with Crippen LogP contribution < -0.4 is 10.2 Å². The van der Waals surface area contributed by atoms with Crippen LogP contribution in [0.5, 0.6) is 5.75 Å². The van der Waals surface area contributed by atoms with Gasteiger partial charge in [0.2, 0.25) is 0 Å². The topological polar surface area (TPSA) is 93.8 Å². The molecule has 0 aromatic heterocycles. The zero-order chi connectivity index (χ0) is 17.7. The van der Waals surface area contributed by atoms with Gasteiger partial charge in [-0.3, -0.25) is 14.9 Å². The quantitative estimate of drug-likeness (QED) is 0.320. The van der Waals surface area contributed by atoms with Crippen molar-refractivity contribution in [3.8, 4) is 5.75 Å². The molecule has 1 amide bonds. The second-order valence-corrected chi connectivity index (χ2v) is 6.08. The molecule has 9 heteroatoms. The number of nitro benzene ring substituents is 1. The highest BCUT2D eigenvalue weighted by atomic mass is 127. The molecule has 0 bridgehead atoms. The fourth-order valence-electron chi connectivity index (χ4n) is 1.78. The van der Waals surface area contributed by atoms with Crippen molar-refractivity contribution in [3.05, 3.63) is 66.2 Å². The lowest BCUT2D eigenvalue weighted by molar-refractivity contribution is -0.384. The number of carbonyl (C=O) groups is 1. The molecule has 1 N–H and O–H groups in total. The lowest BCUT2D eigenvalue weighted by Gasteiger charge is -2.05. The molecule has 0 radical (unpaired) electrons. The average Bonchev–Trinajstić information content (AvgIpc) is 2.56. The number of amides is 1. The van der Waals surface area contributed by atoms with Gasteiger partial charge in [-0.15, -0.1) is 0 Å². The van der Waals surface area contributed by atoms with Gasteiger partial charge in [0.25, 0.3) is 11.6 Å². The predicted octanol–water partition coefficient (Wildman–Crippen LogP) is 3.63. The summed E-state index contributed by atoms with van der Waals surface area (Å²) in [6.07, 6.45) is 1.25. The number of nitrogens with one attached hydrogen (secondary N) is 1. The highest BCUT2D eigenvalue weighted by Crippen LogP contribution is 2.22. The van der Waals surface area contributed by atoms with Gasteiger partial charge < -0.3 is 4.74 Å². The summed E-state index contributed by atoms with van der Waals surface area (Å²) in [5.74, 6) is 0.243. The number of benzene rings is 2. The van der Waals surface area contributed by atoms with Gasteiger partial charge >= 0.3 is 0 Å². The molecule has 0 aliphatic heterocycles. The predicted molar refractivity (Wildman–Crippen MR) is 98.9 cm³/mol. The summed E-state index contributed by atoms with van der Waals surface area (Å²) in [5, 5.41) is 14.8. The summed E-state index contributed by atoms with van der Waals surface area (Å²) in [6.45, 7) is 0. The van der Waals surface area contributed by atoms with Crippen LogP contribution in [0.15, 0.2) is 41.5 Å². The summed E-state index contributed by atoms with van der Waals surface area (Å²) in [7, 11) is 1.55. The molecule has 24 heavy (non-hydrogen) atoms. The van der Waals surface area contributed by atoms with E-state index in [1.807, 2.05) is 0 Å². The molecule has 0 saturated heterocycles. The Kier molecular flexibility index (Phi) is 6.10. The smallest absolute Gasteiger partial charge is 0.271 e. The minimum Gasteiger partial charge on any atom is -0.496 e. The number of hydrogen-bond acceptors (Lipinski definition) is 5. The molecule has 0 saturated carbocycles. The van der Waals surface area contributed by atoms with E-state index in [0.29, 0.717) is 16.9 Å². The molecule has 2 rings (SSSR count). The van der Waals surface area contributed by atoms with Crippen LogP contribution in [-0.4, -0.2) is 24.2 Å². The SMILES string of the molecule is COc1ccc(C(=O)NN=Cc2cc([N+](=O)[O-])ccc2Cl)cc1I. The van der Waals surface area contributed by atoms with Crippen molar-refractivity contribution in [2.75, 3.05) is 7.11 Å². The van der Waals surface area contributed by atoms with Crippen LogP contribution in [0.1, 0.15) is 15.9 Å². The van der Waals surface area contributed by atoms with Crippen LogP contribution in [0, 0.1) is 13.7 Å². The molecule has 7 nitrogen and oxygen atoms in total. The molecular formula is C15H11ClIN3O4. The Morgan fingerprint density at radius 2 is 2.12 bits per heavy atom. The van der Waals surface area contributed by atoms with Crippen LogP contribution in [-0.2, 0) is 0 Å². The van der Waals surface area contributed by atoms with Gasteiger partial charge in [-0.2, -0.15) is 5.10 Å². The first-order valence-corrected chi connectivity index (χ1v) is 7.99. The molecule has 0 heterocycles. The maximum absolute atomic E-state index is 12.0. The molecule has 0 spiro atoms. The van der Waals surface area contributed by atoms with Crippen LogP contribution in [0.2, 0.25) is 5.02 Å². The third-order valence-electron chi connectivity index (χ3n) is 2.97. The van der Waals surface area contributed by atoms with E-state index in [0.717, 1.165) is 3.57 Å². The Morgan fingerprint density at radius 1 is 1.38 bits per heavy atom. The molecule has 124 valence electrons. The van der Waals surface area contributed by atoms with Crippen LogP contribution in [0.4, 0.5) is 5.69 Å². The van der Waals surface area contributed by atoms with Crippen molar-refractivity contribution >= 4 is 52.0 Å². The summed E-state index contributed by atoms with van der Waals surface area (Å²) < 4.78 is 5.91. The van der Waals surface area contributed by atoms with E-state index in [1.165, 1.54) is 24.4 Å². The third-order valence-corrected chi connectivity index (χ3v) is 4.16. The minimum absolute atomic E-state index is 0.114. The molecule has 0 aliphatic carbocycles. The lowest BCUT2D eigenvalue weighted by atomic mass is 10.2. The number of hydrazone groups is 1. The van der Waals surface area contributed by atoms with Gasteiger partial charge in [0, 0.05) is 28.3 Å². The lowest BCUT2D eigenvalue weighted by Crippen LogP contribution is -2.17. The Balaban J connectivity index is 2.11. The number of nitrogens with zero attached hydrogens (tertiary/aromatic N) is 2. The fourth-order valence-corrected chi connectivity index (χ4v) is 2.68. The Bertz CT molecular complexity index is 826.